The molecule has 0 aromatic heterocycles. The van der Waals surface area contributed by atoms with Gasteiger partial charge in [0.15, 0.2) is 0 Å². The molecule has 2 N–H and O–H groups in total. The number of nitrogens with zero attached hydrogens (tertiary/aromatic N) is 2. The monoisotopic (exact) mass is 263 g/mol. The van der Waals surface area contributed by atoms with Crippen LogP contribution in [-0.2, 0) is 6.42 Å². The topological polar surface area (TPSA) is 53.0 Å². The third-order valence-electron chi connectivity index (χ3n) is 3.79. The molecule has 2 aromatic rings. The Morgan fingerprint density at radius 3 is 2.75 bits per heavy atom. The Morgan fingerprint density at radius 2 is 2.00 bits per heavy atom. The van der Waals surface area contributed by atoms with E-state index in [2.05, 4.69) is 42.2 Å². The molecule has 2 aromatic carbocycles. The Labute approximate surface area is 119 Å². The second kappa shape index (κ2) is 4.90. The lowest BCUT2D eigenvalue weighted by Crippen LogP contribution is -2.30. The molecule has 3 nitrogen and oxygen atoms in total. The molecule has 0 amide bonds. The minimum atomic E-state index is 0.583. The molecule has 1 aliphatic heterocycles. The standard InChI is InChI=1S/C17H17N3/c1-12-8-14-4-2-3-5-16(14)20(11-12)17-7-6-13(10-18)9-15(17)19/h2-7,9,12H,8,11,19H2,1H3. The first-order chi connectivity index (χ1) is 9.69. The van der Waals surface area contributed by atoms with Crippen molar-refractivity contribution in [1.29, 1.82) is 5.26 Å². The van der Waals surface area contributed by atoms with Gasteiger partial charge in [-0.05, 0) is 42.2 Å². The molecule has 0 aliphatic carbocycles. The maximum absolute atomic E-state index is 8.94. The summed E-state index contributed by atoms with van der Waals surface area (Å²) in [5.41, 5.74) is 11.0. The van der Waals surface area contributed by atoms with E-state index in [1.165, 1.54) is 11.3 Å². The Bertz CT molecular complexity index is 685. The maximum atomic E-state index is 8.94. The average Bonchev–Trinajstić information content (AvgIpc) is 2.46. The van der Waals surface area contributed by atoms with Crippen molar-refractivity contribution in [3.63, 3.8) is 0 Å². The molecule has 3 heteroatoms. The van der Waals surface area contributed by atoms with Crippen LogP contribution in [0.2, 0.25) is 0 Å². The highest BCUT2D eigenvalue weighted by Gasteiger charge is 2.23. The molecule has 0 bridgehead atoms. The molecule has 1 unspecified atom stereocenters. The Morgan fingerprint density at radius 1 is 1.20 bits per heavy atom. The number of rotatable bonds is 1. The molecular weight excluding hydrogens is 246 g/mol. The van der Waals surface area contributed by atoms with Crippen LogP contribution in [0.1, 0.15) is 18.1 Å². The summed E-state index contributed by atoms with van der Waals surface area (Å²) in [4.78, 5) is 2.26. The molecular formula is C17H17N3. The van der Waals surface area contributed by atoms with Gasteiger partial charge in [0.05, 0.1) is 23.0 Å². The number of nitrogen functional groups attached to an aromatic ring is 1. The van der Waals surface area contributed by atoms with Crippen LogP contribution in [0.25, 0.3) is 0 Å². The first-order valence-corrected chi connectivity index (χ1v) is 6.84. The second-order valence-electron chi connectivity index (χ2n) is 5.43. The molecule has 20 heavy (non-hydrogen) atoms. The van der Waals surface area contributed by atoms with Gasteiger partial charge in [0.25, 0.3) is 0 Å². The number of hydrogen-bond acceptors (Lipinski definition) is 3. The molecule has 0 radical (unpaired) electrons. The van der Waals surface area contributed by atoms with Gasteiger partial charge in [-0.2, -0.15) is 5.26 Å². The smallest absolute Gasteiger partial charge is 0.0992 e. The lowest BCUT2D eigenvalue weighted by molar-refractivity contribution is 0.562. The lowest BCUT2D eigenvalue weighted by atomic mass is 9.93. The fourth-order valence-corrected chi connectivity index (χ4v) is 2.89. The first-order valence-electron chi connectivity index (χ1n) is 6.84. The molecule has 0 saturated carbocycles. The molecule has 1 atom stereocenters. The Kier molecular flexibility index (Phi) is 3.08. The van der Waals surface area contributed by atoms with Gasteiger partial charge in [-0.3, -0.25) is 0 Å². The molecule has 0 saturated heterocycles. The third-order valence-corrected chi connectivity index (χ3v) is 3.79. The van der Waals surface area contributed by atoms with Crippen LogP contribution in [-0.4, -0.2) is 6.54 Å². The van der Waals surface area contributed by atoms with Crippen LogP contribution >= 0.6 is 0 Å². The predicted molar refractivity (Wildman–Crippen MR) is 81.9 cm³/mol. The minimum absolute atomic E-state index is 0.583. The summed E-state index contributed by atoms with van der Waals surface area (Å²) >= 11 is 0. The lowest BCUT2D eigenvalue weighted by Gasteiger charge is -2.35. The second-order valence-corrected chi connectivity index (χ2v) is 5.43. The largest absolute Gasteiger partial charge is 0.397 e. The quantitative estimate of drug-likeness (QED) is 0.801. The molecule has 1 aliphatic rings. The summed E-state index contributed by atoms with van der Waals surface area (Å²) in [5.74, 6) is 0.583. The van der Waals surface area contributed by atoms with Crippen LogP contribution in [0.3, 0.4) is 0 Å². The van der Waals surface area contributed by atoms with Crippen molar-refractivity contribution in [2.24, 2.45) is 5.92 Å². The van der Waals surface area contributed by atoms with Crippen LogP contribution in [0.15, 0.2) is 42.5 Å². The van der Waals surface area contributed by atoms with Crippen molar-refractivity contribution in [2.75, 3.05) is 17.2 Å². The van der Waals surface area contributed by atoms with Crippen LogP contribution < -0.4 is 10.6 Å². The first kappa shape index (κ1) is 12.6. The van der Waals surface area contributed by atoms with Gasteiger partial charge in [0.2, 0.25) is 0 Å². The number of anilines is 3. The zero-order valence-electron chi connectivity index (χ0n) is 11.5. The Balaban J connectivity index is 2.09. The van der Waals surface area contributed by atoms with E-state index in [9.17, 15) is 0 Å². The summed E-state index contributed by atoms with van der Waals surface area (Å²) in [6.45, 7) is 3.20. The van der Waals surface area contributed by atoms with Gasteiger partial charge in [0, 0.05) is 12.2 Å². The maximum Gasteiger partial charge on any atom is 0.0992 e. The van der Waals surface area contributed by atoms with Gasteiger partial charge in [-0.15, -0.1) is 0 Å². The average molecular weight is 263 g/mol. The molecule has 0 fully saturated rings. The van der Waals surface area contributed by atoms with Crippen molar-refractivity contribution < 1.29 is 0 Å². The Hall–Kier alpha value is -2.47. The highest BCUT2D eigenvalue weighted by molar-refractivity contribution is 5.78. The number of benzene rings is 2. The van der Waals surface area contributed by atoms with Gasteiger partial charge >= 0.3 is 0 Å². The minimum Gasteiger partial charge on any atom is -0.397 e. The van der Waals surface area contributed by atoms with E-state index in [0.29, 0.717) is 17.2 Å². The summed E-state index contributed by atoms with van der Waals surface area (Å²) in [7, 11) is 0. The zero-order chi connectivity index (χ0) is 14.1. The van der Waals surface area contributed by atoms with E-state index < -0.39 is 0 Å². The zero-order valence-corrected chi connectivity index (χ0v) is 11.5. The molecule has 100 valence electrons. The van der Waals surface area contributed by atoms with Crippen LogP contribution in [0.4, 0.5) is 17.1 Å². The highest BCUT2D eigenvalue weighted by Crippen LogP contribution is 2.37. The van der Waals surface area contributed by atoms with Gasteiger partial charge in [0.1, 0.15) is 0 Å². The normalized spacial score (nSPS) is 17.4. The molecule has 3 rings (SSSR count). The van der Waals surface area contributed by atoms with E-state index in [1.54, 1.807) is 6.07 Å². The van der Waals surface area contributed by atoms with E-state index >= 15 is 0 Å². The van der Waals surface area contributed by atoms with Crippen molar-refractivity contribution in [2.45, 2.75) is 13.3 Å². The summed E-state index contributed by atoms with van der Waals surface area (Å²) < 4.78 is 0. The van der Waals surface area contributed by atoms with Crippen molar-refractivity contribution in [1.82, 2.24) is 0 Å². The van der Waals surface area contributed by atoms with Crippen molar-refractivity contribution in [3.05, 3.63) is 53.6 Å². The highest BCUT2D eigenvalue weighted by atomic mass is 15.2. The van der Waals surface area contributed by atoms with E-state index in [1.807, 2.05) is 12.1 Å². The van der Waals surface area contributed by atoms with Crippen LogP contribution in [0, 0.1) is 17.2 Å². The fraction of sp³-hybridized carbons (Fsp3) is 0.235. The number of nitriles is 1. The van der Waals surface area contributed by atoms with Crippen LogP contribution in [0.5, 0.6) is 0 Å². The molecule has 0 spiro atoms. The predicted octanol–water partition coefficient (Wildman–Crippen LogP) is 3.47. The summed E-state index contributed by atoms with van der Waals surface area (Å²) in [5, 5.41) is 8.94. The van der Waals surface area contributed by atoms with E-state index in [4.69, 9.17) is 11.0 Å². The number of hydrogen-bond donors (Lipinski definition) is 1. The number of para-hydroxylation sites is 1. The van der Waals surface area contributed by atoms with E-state index in [0.717, 1.165) is 18.7 Å². The SMILES string of the molecule is CC1Cc2ccccc2N(c2ccc(C#N)cc2N)C1. The van der Waals surface area contributed by atoms with Crippen molar-refractivity contribution in [3.8, 4) is 6.07 Å². The summed E-state index contributed by atoms with van der Waals surface area (Å²) in [6, 6.07) is 16.1. The summed E-state index contributed by atoms with van der Waals surface area (Å²) in [6.07, 6.45) is 1.10. The number of fused-ring (bicyclic) bond motifs is 1. The van der Waals surface area contributed by atoms with Gasteiger partial charge < -0.3 is 10.6 Å². The van der Waals surface area contributed by atoms with Gasteiger partial charge in [-0.25, -0.2) is 0 Å². The van der Waals surface area contributed by atoms with E-state index in [-0.39, 0.29) is 0 Å². The molecule has 1 heterocycles. The van der Waals surface area contributed by atoms with Gasteiger partial charge in [-0.1, -0.05) is 25.1 Å². The number of nitrogens with two attached hydrogens (primary N) is 1. The third kappa shape index (κ3) is 2.10. The fourth-order valence-electron chi connectivity index (χ4n) is 2.89. The van der Waals surface area contributed by atoms with Crippen molar-refractivity contribution >= 4 is 17.1 Å².